The van der Waals surface area contributed by atoms with Gasteiger partial charge in [-0.3, -0.25) is 4.90 Å². The summed E-state index contributed by atoms with van der Waals surface area (Å²) in [6.45, 7) is 9.56. The molecule has 2 rings (SSSR count). The standard InChI is InChI=1S/C11H19N3O/c1-8-4-9(2)6-14(5-8)7-11-12-10(3)13-15-11/h8-9H,4-7H2,1-3H3/t8-,9-/m0/s1. The van der Waals surface area contributed by atoms with Crippen LogP contribution < -0.4 is 0 Å². The molecule has 2 heterocycles. The van der Waals surface area contributed by atoms with Crippen LogP contribution in [0.5, 0.6) is 0 Å². The monoisotopic (exact) mass is 209 g/mol. The molecule has 1 fully saturated rings. The van der Waals surface area contributed by atoms with Crippen LogP contribution in [-0.4, -0.2) is 28.1 Å². The average molecular weight is 209 g/mol. The molecule has 4 heteroatoms. The maximum absolute atomic E-state index is 5.13. The van der Waals surface area contributed by atoms with E-state index in [0.717, 1.165) is 43.2 Å². The van der Waals surface area contributed by atoms with Crippen molar-refractivity contribution in [3.05, 3.63) is 11.7 Å². The van der Waals surface area contributed by atoms with Gasteiger partial charge in [-0.05, 0) is 25.2 Å². The van der Waals surface area contributed by atoms with Crippen molar-refractivity contribution in [2.45, 2.75) is 33.7 Å². The molecule has 1 aromatic rings. The molecule has 0 aromatic carbocycles. The van der Waals surface area contributed by atoms with E-state index in [1.165, 1.54) is 6.42 Å². The molecule has 2 atom stereocenters. The highest BCUT2D eigenvalue weighted by atomic mass is 16.5. The number of aromatic nitrogens is 2. The van der Waals surface area contributed by atoms with E-state index in [1.807, 2.05) is 6.92 Å². The molecule has 15 heavy (non-hydrogen) atoms. The van der Waals surface area contributed by atoms with Gasteiger partial charge in [0.25, 0.3) is 0 Å². The fraction of sp³-hybridized carbons (Fsp3) is 0.818. The summed E-state index contributed by atoms with van der Waals surface area (Å²) in [7, 11) is 0. The normalized spacial score (nSPS) is 28.2. The van der Waals surface area contributed by atoms with E-state index in [2.05, 4.69) is 28.9 Å². The number of likely N-dealkylation sites (tertiary alicyclic amines) is 1. The van der Waals surface area contributed by atoms with Gasteiger partial charge in [0.05, 0.1) is 6.54 Å². The zero-order chi connectivity index (χ0) is 10.8. The quantitative estimate of drug-likeness (QED) is 0.745. The van der Waals surface area contributed by atoms with Crippen LogP contribution in [0.15, 0.2) is 4.52 Å². The molecule has 0 unspecified atom stereocenters. The second-order valence-corrected chi connectivity index (χ2v) is 4.88. The highest BCUT2D eigenvalue weighted by Crippen LogP contribution is 2.21. The van der Waals surface area contributed by atoms with E-state index in [-0.39, 0.29) is 0 Å². The average Bonchev–Trinajstić information content (AvgIpc) is 2.49. The van der Waals surface area contributed by atoms with E-state index < -0.39 is 0 Å². The minimum Gasteiger partial charge on any atom is -0.338 e. The number of nitrogens with zero attached hydrogens (tertiary/aromatic N) is 3. The minimum atomic E-state index is 0.725. The summed E-state index contributed by atoms with van der Waals surface area (Å²) in [5.74, 6) is 3.02. The minimum absolute atomic E-state index is 0.725. The molecular formula is C11H19N3O. The molecule has 0 amide bonds. The van der Waals surface area contributed by atoms with Crippen molar-refractivity contribution < 1.29 is 4.52 Å². The molecule has 4 nitrogen and oxygen atoms in total. The molecule has 1 aliphatic heterocycles. The van der Waals surface area contributed by atoms with Gasteiger partial charge in [0.1, 0.15) is 0 Å². The van der Waals surface area contributed by atoms with E-state index in [9.17, 15) is 0 Å². The molecule has 0 spiro atoms. The second kappa shape index (κ2) is 4.31. The SMILES string of the molecule is Cc1noc(CN2C[C@@H](C)C[C@H](C)C2)n1. The summed E-state index contributed by atoms with van der Waals surface area (Å²) in [4.78, 5) is 6.64. The first-order chi connectivity index (χ1) is 7.13. The van der Waals surface area contributed by atoms with Gasteiger partial charge >= 0.3 is 0 Å². The van der Waals surface area contributed by atoms with Crippen molar-refractivity contribution >= 4 is 0 Å². The van der Waals surface area contributed by atoms with Gasteiger partial charge in [-0.1, -0.05) is 19.0 Å². The Morgan fingerprint density at radius 1 is 1.33 bits per heavy atom. The molecule has 84 valence electrons. The molecule has 0 aliphatic carbocycles. The molecule has 0 radical (unpaired) electrons. The van der Waals surface area contributed by atoms with Gasteiger partial charge < -0.3 is 4.52 Å². The number of hydrogen-bond acceptors (Lipinski definition) is 4. The molecule has 0 N–H and O–H groups in total. The smallest absolute Gasteiger partial charge is 0.240 e. The highest BCUT2D eigenvalue weighted by Gasteiger charge is 2.22. The number of aryl methyl sites for hydroxylation is 1. The van der Waals surface area contributed by atoms with Crippen molar-refractivity contribution in [3.8, 4) is 0 Å². The third-order valence-electron chi connectivity index (χ3n) is 2.87. The molecular weight excluding hydrogens is 190 g/mol. The predicted octanol–water partition coefficient (Wildman–Crippen LogP) is 1.86. The first-order valence-electron chi connectivity index (χ1n) is 5.65. The topological polar surface area (TPSA) is 42.2 Å². The number of hydrogen-bond donors (Lipinski definition) is 0. The van der Waals surface area contributed by atoms with Crippen molar-refractivity contribution in [1.29, 1.82) is 0 Å². The van der Waals surface area contributed by atoms with E-state index >= 15 is 0 Å². The van der Waals surface area contributed by atoms with Crippen LogP contribution in [0, 0.1) is 18.8 Å². The van der Waals surface area contributed by atoms with Gasteiger partial charge in [-0.15, -0.1) is 0 Å². The Morgan fingerprint density at radius 2 is 2.00 bits per heavy atom. The third-order valence-corrected chi connectivity index (χ3v) is 2.87. The Bertz CT molecular complexity index is 313. The Labute approximate surface area is 90.7 Å². The second-order valence-electron chi connectivity index (χ2n) is 4.88. The van der Waals surface area contributed by atoms with Gasteiger partial charge in [-0.2, -0.15) is 4.98 Å². The Kier molecular flexibility index (Phi) is 3.05. The summed E-state index contributed by atoms with van der Waals surface area (Å²) in [6, 6.07) is 0. The van der Waals surface area contributed by atoms with Crippen LogP contribution in [0.1, 0.15) is 32.0 Å². The molecule has 1 aromatic heterocycles. The van der Waals surface area contributed by atoms with Crippen molar-refractivity contribution in [3.63, 3.8) is 0 Å². The summed E-state index contributed by atoms with van der Waals surface area (Å²) in [5, 5.41) is 3.81. The lowest BCUT2D eigenvalue weighted by Gasteiger charge is -2.33. The summed E-state index contributed by atoms with van der Waals surface area (Å²) >= 11 is 0. The van der Waals surface area contributed by atoms with Crippen molar-refractivity contribution in [1.82, 2.24) is 15.0 Å². The summed E-state index contributed by atoms with van der Waals surface area (Å²) in [5.41, 5.74) is 0. The van der Waals surface area contributed by atoms with E-state index in [0.29, 0.717) is 0 Å². The largest absolute Gasteiger partial charge is 0.338 e. The van der Waals surface area contributed by atoms with Crippen LogP contribution in [0.3, 0.4) is 0 Å². The lowest BCUT2D eigenvalue weighted by atomic mass is 9.92. The van der Waals surface area contributed by atoms with Crippen molar-refractivity contribution in [2.75, 3.05) is 13.1 Å². The van der Waals surface area contributed by atoms with Gasteiger partial charge in [0.15, 0.2) is 5.82 Å². The predicted molar refractivity (Wildman–Crippen MR) is 57.3 cm³/mol. The van der Waals surface area contributed by atoms with Crippen LogP contribution in [-0.2, 0) is 6.54 Å². The zero-order valence-corrected chi connectivity index (χ0v) is 9.73. The number of piperidine rings is 1. The first-order valence-corrected chi connectivity index (χ1v) is 5.65. The summed E-state index contributed by atoms with van der Waals surface area (Å²) in [6.07, 6.45) is 1.33. The first kappa shape index (κ1) is 10.6. The fourth-order valence-electron chi connectivity index (χ4n) is 2.52. The molecule has 0 bridgehead atoms. The fourth-order valence-corrected chi connectivity index (χ4v) is 2.52. The lowest BCUT2D eigenvalue weighted by Crippen LogP contribution is -2.38. The van der Waals surface area contributed by atoms with E-state index in [4.69, 9.17) is 4.52 Å². The highest BCUT2D eigenvalue weighted by molar-refractivity contribution is 4.85. The third kappa shape index (κ3) is 2.78. The maximum atomic E-state index is 5.13. The maximum Gasteiger partial charge on any atom is 0.240 e. The Hall–Kier alpha value is -0.900. The summed E-state index contributed by atoms with van der Waals surface area (Å²) < 4.78 is 5.13. The van der Waals surface area contributed by atoms with Crippen LogP contribution in [0.2, 0.25) is 0 Å². The molecule has 0 saturated carbocycles. The Morgan fingerprint density at radius 3 is 2.53 bits per heavy atom. The van der Waals surface area contributed by atoms with E-state index in [1.54, 1.807) is 0 Å². The van der Waals surface area contributed by atoms with Crippen LogP contribution in [0.25, 0.3) is 0 Å². The molecule has 1 aliphatic rings. The zero-order valence-electron chi connectivity index (χ0n) is 9.73. The Balaban J connectivity index is 1.94. The van der Waals surface area contributed by atoms with Crippen molar-refractivity contribution in [2.24, 2.45) is 11.8 Å². The van der Waals surface area contributed by atoms with Gasteiger partial charge in [0.2, 0.25) is 5.89 Å². The van der Waals surface area contributed by atoms with Gasteiger partial charge in [0, 0.05) is 13.1 Å². The lowest BCUT2D eigenvalue weighted by molar-refractivity contribution is 0.121. The molecule has 1 saturated heterocycles. The van der Waals surface area contributed by atoms with Crippen LogP contribution >= 0.6 is 0 Å². The van der Waals surface area contributed by atoms with Gasteiger partial charge in [-0.25, -0.2) is 0 Å². The number of rotatable bonds is 2. The van der Waals surface area contributed by atoms with Crippen LogP contribution in [0.4, 0.5) is 0 Å².